The molecule has 1 aliphatic rings. The molecule has 2 heterocycles. The van der Waals surface area contributed by atoms with Crippen LogP contribution in [0.15, 0.2) is 35.1 Å². The summed E-state index contributed by atoms with van der Waals surface area (Å²) >= 11 is 0. The van der Waals surface area contributed by atoms with Gasteiger partial charge in [-0.05, 0) is 31.4 Å². The minimum atomic E-state index is -0.374. The Morgan fingerprint density at radius 2 is 2.00 bits per heavy atom. The first-order valence-corrected chi connectivity index (χ1v) is 9.10. The van der Waals surface area contributed by atoms with Crippen LogP contribution in [-0.4, -0.2) is 39.3 Å². The molecule has 1 aromatic carbocycles. The van der Waals surface area contributed by atoms with Gasteiger partial charge in [0.2, 0.25) is 11.8 Å². The Hall–Kier alpha value is -2.96. The number of aromatic nitrogens is 2. The molecule has 2 N–H and O–H groups in total. The standard InChI is InChI=1S/C20H24N4O3/c1-13-17(14(2)22-20(27)21-13)8-9-18(25)23-16-10-19(26)24(12-16)11-15-6-4-3-5-7-15/h3-7,16H,8-12H2,1-2H3,(H,23,25)(H,21,22,27)/t16-/m1/s1. The van der Waals surface area contributed by atoms with Crippen LogP contribution < -0.4 is 11.0 Å². The smallest absolute Gasteiger partial charge is 0.345 e. The van der Waals surface area contributed by atoms with Gasteiger partial charge in [0.15, 0.2) is 0 Å². The van der Waals surface area contributed by atoms with Crippen molar-refractivity contribution < 1.29 is 9.59 Å². The third-order valence-corrected chi connectivity index (χ3v) is 4.85. The summed E-state index contributed by atoms with van der Waals surface area (Å²) in [7, 11) is 0. The summed E-state index contributed by atoms with van der Waals surface area (Å²) < 4.78 is 0. The summed E-state index contributed by atoms with van der Waals surface area (Å²) in [5.41, 5.74) is 2.98. The lowest BCUT2D eigenvalue weighted by Gasteiger charge is -2.17. The Balaban J connectivity index is 1.51. The zero-order chi connectivity index (χ0) is 19.4. The molecule has 1 atom stereocenters. The van der Waals surface area contributed by atoms with Crippen LogP contribution in [-0.2, 0) is 22.6 Å². The molecule has 3 rings (SSSR count). The highest BCUT2D eigenvalue weighted by Crippen LogP contribution is 2.16. The molecule has 7 nitrogen and oxygen atoms in total. The normalized spacial score (nSPS) is 16.6. The minimum absolute atomic E-state index is 0.0562. The average molecular weight is 368 g/mol. The summed E-state index contributed by atoms with van der Waals surface area (Å²) in [6.45, 7) is 4.66. The van der Waals surface area contributed by atoms with Gasteiger partial charge in [-0.25, -0.2) is 4.79 Å². The van der Waals surface area contributed by atoms with Crippen molar-refractivity contribution in [3.05, 3.63) is 63.3 Å². The number of benzene rings is 1. The second kappa shape index (κ2) is 8.16. The highest BCUT2D eigenvalue weighted by molar-refractivity contribution is 5.82. The lowest BCUT2D eigenvalue weighted by atomic mass is 10.1. The predicted octanol–water partition coefficient (Wildman–Crippen LogP) is 1.24. The molecule has 1 fully saturated rings. The van der Waals surface area contributed by atoms with Gasteiger partial charge >= 0.3 is 5.69 Å². The second-order valence-corrected chi connectivity index (χ2v) is 6.96. The van der Waals surface area contributed by atoms with Gasteiger partial charge in [-0.1, -0.05) is 30.3 Å². The molecule has 0 spiro atoms. The van der Waals surface area contributed by atoms with E-state index < -0.39 is 0 Å². The summed E-state index contributed by atoms with van der Waals surface area (Å²) in [5.74, 6) is -0.0416. The molecular weight excluding hydrogens is 344 g/mol. The molecule has 2 amide bonds. The Morgan fingerprint density at radius 3 is 2.70 bits per heavy atom. The number of aromatic amines is 1. The van der Waals surface area contributed by atoms with E-state index in [4.69, 9.17) is 0 Å². The lowest BCUT2D eigenvalue weighted by Crippen LogP contribution is -2.37. The Kier molecular flexibility index (Phi) is 5.69. The zero-order valence-corrected chi connectivity index (χ0v) is 15.6. The van der Waals surface area contributed by atoms with E-state index in [2.05, 4.69) is 15.3 Å². The van der Waals surface area contributed by atoms with Crippen molar-refractivity contribution >= 4 is 11.8 Å². The van der Waals surface area contributed by atoms with Gasteiger partial charge in [-0.15, -0.1) is 0 Å². The summed E-state index contributed by atoms with van der Waals surface area (Å²) in [6.07, 6.45) is 1.12. The van der Waals surface area contributed by atoms with Gasteiger partial charge in [0.1, 0.15) is 0 Å². The van der Waals surface area contributed by atoms with Crippen molar-refractivity contribution in [3.63, 3.8) is 0 Å². The topological polar surface area (TPSA) is 95.2 Å². The maximum Gasteiger partial charge on any atom is 0.345 e. The number of aryl methyl sites for hydroxylation is 2. The van der Waals surface area contributed by atoms with E-state index in [0.717, 1.165) is 16.8 Å². The monoisotopic (exact) mass is 368 g/mol. The quantitative estimate of drug-likeness (QED) is 0.802. The largest absolute Gasteiger partial charge is 0.351 e. The first-order valence-electron chi connectivity index (χ1n) is 9.10. The van der Waals surface area contributed by atoms with E-state index in [0.29, 0.717) is 38.0 Å². The maximum atomic E-state index is 12.3. The van der Waals surface area contributed by atoms with Crippen LogP contribution in [0, 0.1) is 13.8 Å². The second-order valence-electron chi connectivity index (χ2n) is 6.96. The Morgan fingerprint density at radius 1 is 1.26 bits per heavy atom. The molecule has 1 aliphatic heterocycles. The maximum absolute atomic E-state index is 12.3. The summed E-state index contributed by atoms with van der Waals surface area (Å²) in [6, 6.07) is 9.66. The van der Waals surface area contributed by atoms with Crippen LogP contribution in [0.4, 0.5) is 0 Å². The third-order valence-electron chi connectivity index (χ3n) is 4.85. The number of likely N-dealkylation sites (tertiary alicyclic amines) is 1. The summed E-state index contributed by atoms with van der Waals surface area (Å²) in [5, 5.41) is 2.95. The van der Waals surface area contributed by atoms with Crippen LogP contribution >= 0.6 is 0 Å². The van der Waals surface area contributed by atoms with E-state index in [-0.39, 0.29) is 23.5 Å². The van der Waals surface area contributed by atoms with Crippen LogP contribution in [0.5, 0.6) is 0 Å². The van der Waals surface area contributed by atoms with Crippen molar-refractivity contribution in [2.75, 3.05) is 6.54 Å². The van der Waals surface area contributed by atoms with Gasteiger partial charge in [0.05, 0.1) is 6.04 Å². The molecule has 1 aromatic heterocycles. The highest BCUT2D eigenvalue weighted by Gasteiger charge is 2.30. The van der Waals surface area contributed by atoms with E-state index >= 15 is 0 Å². The van der Waals surface area contributed by atoms with Crippen LogP contribution in [0.1, 0.15) is 35.4 Å². The molecule has 0 unspecified atom stereocenters. The molecule has 1 saturated heterocycles. The van der Waals surface area contributed by atoms with Crippen molar-refractivity contribution in [2.45, 2.75) is 45.7 Å². The van der Waals surface area contributed by atoms with Crippen LogP contribution in [0.2, 0.25) is 0 Å². The highest BCUT2D eigenvalue weighted by atomic mass is 16.2. The summed E-state index contributed by atoms with van der Waals surface area (Å²) in [4.78, 5) is 44.2. The number of hydrogen-bond acceptors (Lipinski definition) is 4. The van der Waals surface area contributed by atoms with E-state index in [1.165, 1.54) is 0 Å². The first-order chi connectivity index (χ1) is 12.9. The number of nitrogens with one attached hydrogen (secondary N) is 2. The number of H-pyrrole nitrogens is 1. The van der Waals surface area contributed by atoms with Crippen molar-refractivity contribution in [2.24, 2.45) is 0 Å². The molecular formula is C20H24N4O3. The number of amides is 2. The van der Waals surface area contributed by atoms with E-state index in [9.17, 15) is 14.4 Å². The SMILES string of the molecule is Cc1nc(=O)[nH]c(C)c1CCC(=O)N[C@@H]1CC(=O)N(Cc2ccccc2)C1. The van der Waals surface area contributed by atoms with Crippen LogP contribution in [0.3, 0.4) is 0 Å². The number of nitrogens with zero attached hydrogens (tertiary/aromatic N) is 2. The van der Waals surface area contributed by atoms with Crippen molar-refractivity contribution in [1.29, 1.82) is 0 Å². The van der Waals surface area contributed by atoms with Crippen LogP contribution in [0.25, 0.3) is 0 Å². The van der Waals surface area contributed by atoms with Crippen molar-refractivity contribution in [1.82, 2.24) is 20.2 Å². The minimum Gasteiger partial charge on any atom is -0.351 e. The molecule has 0 saturated carbocycles. The molecule has 27 heavy (non-hydrogen) atoms. The number of rotatable bonds is 6. The van der Waals surface area contributed by atoms with E-state index in [1.807, 2.05) is 30.3 Å². The Labute approximate surface area is 157 Å². The fraction of sp³-hybridized carbons (Fsp3) is 0.400. The molecule has 7 heteroatoms. The molecule has 0 bridgehead atoms. The fourth-order valence-corrected chi connectivity index (χ4v) is 3.49. The van der Waals surface area contributed by atoms with Crippen molar-refractivity contribution in [3.8, 4) is 0 Å². The zero-order valence-electron chi connectivity index (χ0n) is 15.6. The van der Waals surface area contributed by atoms with E-state index in [1.54, 1.807) is 18.7 Å². The molecule has 2 aromatic rings. The third kappa shape index (κ3) is 4.81. The van der Waals surface area contributed by atoms with Gasteiger partial charge in [0, 0.05) is 37.3 Å². The number of carbonyl (C=O) groups excluding carboxylic acids is 2. The number of carbonyl (C=O) groups is 2. The van der Waals surface area contributed by atoms with Gasteiger partial charge < -0.3 is 15.2 Å². The molecule has 0 radical (unpaired) electrons. The van der Waals surface area contributed by atoms with Gasteiger partial charge in [-0.3, -0.25) is 9.59 Å². The predicted molar refractivity (Wildman–Crippen MR) is 101 cm³/mol. The van der Waals surface area contributed by atoms with Gasteiger partial charge in [-0.2, -0.15) is 4.98 Å². The lowest BCUT2D eigenvalue weighted by molar-refractivity contribution is -0.128. The Bertz CT molecular complexity index is 866. The molecule has 0 aliphatic carbocycles. The number of hydrogen-bond donors (Lipinski definition) is 2. The fourth-order valence-electron chi connectivity index (χ4n) is 3.49. The first kappa shape index (κ1) is 18.8. The average Bonchev–Trinajstić information content (AvgIpc) is 2.93. The van der Waals surface area contributed by atoms with Gasteiger partial charge in [0.25, 0.3) is 0 Å². The molecule has 142 valence electrons.